The predicted octanol–water partition coefficient (Wildman–Crippen LogP) is 1.08. The Hall–Kier alpha value is -2.16. The molecule has 0 radical (unpaired) electrons. The monoisotopic (exact) mass is 490 g/mol. The van der Waals surface area contributed by atoms with Gasteiger partial charge in [0, 0.05) is 11.8 Å². The zero-order chi connectivity index (χ0) is 23.5. The van der Waals surface area contributed by atoms with E-state index < -0.39 is 42.2 Å². The third-order valence-electron chi connectivity index (χ3n) is 5.69. The van der Waals surface area contributed by atoms with Gasteiger partial charge in [-0.05, 0) is 25.7 Å². The van der Waals surface area contributed by atoms with E-state index in [4.69, 9.17) is 10.3 Å². The van der Waals surface area contributed by atoms with Gasteiger partial charge in [0.15, 0.2) is 11.6 Å². The number of rotatable bonds is 4. The summed E-state index contributed by atoms with van der Waals surface area (Å²) in [6, 6.07) is 0. The molecule has 2 heterocycles. The molecular weight excluding hydrogens is 466 g/mol. The second kappa shape index (κ2) is 9.77. The highest BCUT2D eigenvalue weighted by molar-refractivity contribution is 7.90. The van der Waals surface area contributed by atoms with Crippen LogP contribution < -0.4 is 10.3 Å². The van der Waals surface area contributed by atoms with Crippen LogP contribution in [-0.2, 0) is 20.0 Å². The Morgan fingerprint density at radius 3 is 1.25 bits per heavy atom. The van der Waals surface area contributed by atoms with Gasteiger partial charge in [0.1, 0.15) is 11.6 Å². The van der Waals surface area contributed by atoms with Gasteiger partial charge in [0.2, 0.25) is 20.0 Å². The van der Waals surface area contributed by atoms with Gasteiger partial charge >= 0.3 is 0 Å². The Morgan fingerprint density at radius 1 is 0.656 bits per heavy atom. The van der Waals surface area contributed by atoms with E-state index in [1.807, 2.05) is 0 Å². The van der Waals surface area contributed by atoms with Crippen molar-refractivity contribution < 1.29 is 25.6 Å². The molecule has 2 fully saturated rings. The van der Waals surface area contributed by atoms with E-state index in [0.29, 0.717) is 37.3 Å². The zero-order valence-corrected chi connectivity index (χ0v) is 18.6. The standard InChI is InChI=1S/2C9H12FN3O2S/c2*10-6-4-12-9(13-5-6)7-2-1-3-8(7)16(11,14)15/h2*4-5,7-8H,1-3H2,(H2,11,14,15)/t2*7-,8+/m10/s1. The molecule has 0 amide bonds. The first kappa shape index (κ1) is 24.5. The van der Waals surface area contributed by atoms with E-state index in [9.17, 15) is 25.6 Å². The van der Waals surface area contributed by atoms with E-state index in [2.05, 4.69) is 19.9 Å². The van der Waals surface area contributed by atoms with Crippen molar-refractivity contribution in [3.63, 3.8) is 0 Å². The average Bonchev–Trinajstić information content (AvgIpc) is 3.39. The molecule has 32 heavy (non-hydrogen) atoms. The largest absolute Gasteiger partial charge is 0.238 e. The maximum absolute atomic E-state index is 12.6. The van der Waals surface area contributed by atoms with E-state index in [0.717, 1.165) is 37.6 Å². The molecule has 0 bridgehead atoms. The van der Waals surface area contributed by atoms with Crippen molar-refractivity contribution in [3.8, 4) is 0 Å². The molecule has 14 heteroatoms. The Morgan fingerprint density at radius 2 is 0.969 bits per heavy atom. The lowest BCUT2D eigenvalue weighted by Crippen LogP contribution is -2.31. The van der Waals surface area contributed by atoms with Crippen LogP contribution in [0.25, 0.3) is 0 Å². The first-order valence-corrected chi connectivity index (χ1v) is 13.2. The maximum Gasteiger partial charge on any atom is 0.212 e. The third-order valence-corrected chi connectivity index (χ3v) is 8.51. The number of hydrogen-bond acceptors (Lipinski definition) is 8. The molecule has 2 saturated carbocycles. The van der Waals surface area contributed by atoms with Crippen molar-refractivity contribution in [2.75, 3.05) is 0 Å². The van der Waals surface area contributed by atoms with Crippen LogP contribution >= 0.6 is 0 Å². The van der Waals surface area contributed by atoms with Gasteiger partial charge in [0.25, 0.3) is 0 Å². The summed E-state index contributed by atoms with van der Waals surface area (Å²) in [7, 11) is -7.17. The predicted molar refractivity (Wildman–Crippen MR) is 111 cm³/mol. The molecule has 2 aliphatic carbocycles. The minimum Gasteiger partial charge on any atom is -0.238 e. The quantitative estimate of drug-likeness (QED) is 0.640. The molecule has 4 atom stereocenters. The Bertz CT molecular complexity index is 1040. The van der Waals surface area contributed by atoms with Gasteiger partial charge in [0.05, 0.1) is 35.3 Å². The molecule has 0 aromatic carbocycles. The van der Waals surface area contributed by atoms with Crippen LogP contribution in [0, 0.1) is 11.6 Å². The van der Waals surface area contributed by atoms with Gasteiger partial charge in [-0.2, -0.15) is 0 Å². The van der Waals surface area contributed by atoms with Crippen molar-refractivity contribution in [2.45, 2.75) is 60.9 Å². The molecule has 2 aromatic rings. The Labute approximate surface area is 185 Å². The second-order valence-corrected chi connectivity index (χ2v) is 11.4. The van der Waals surface area contributed by atoms with Crippen LogP contribution in [0.3, 0.4) is 0 Å². The number of nitrogens with two attached hydrogens (primary N) is 2. The molecule has 176 valence electrons. The van der Waals surface area contributed by atoms with Gasteiger partial charge in [-0.3, -0.25) is 0 Å². The number of hydrogen-bond donors (Lipinski definition) is 2. The van der Waals surface area contributed by atoms with E-state index in [1.165, 1.54) is 0 Å². The molecule has 10 nitrogen and oxygen atoms in total. The van der Waals surface area contributed by atoms with Gasteiger partial charge in [-0.25, -0.2) is 55.8 Å². The van der Waals surface area contributed by atoms with Crippen molar-refractivity contribution in [1.82, 2.24) is 19.9 Å². The summed E-state index contributed by atoms with van der Waals surface area (Å²) in [5.41, 5.74) is 0. The van der Waals surface area contributed by atoms with Crippen LogP contribution in [0.5, 0.6) is 0 Å². The lowest BCUT2D eigenvalue weighted by Gasteiger charge is -2.15. The summed E-state index contributed by atoms with van der Waals surface area (Å²) in [4.78, 5) is 15.3. The number of sulfonamides is 2. The van der Waals surface area contributed by atoms with Crippen molar-refractivity contribution in [2.24, 2.45) is 10.3 Å². The first-order chi connectivity index (χ1) is 15.0. The minimum atomic E-state index is -3.58. The fourth-order valence-corrected chi connectivity index (χ4v) is 6.68. The fourth-order valence-electron chi connectivity index (χ4n) is 4.26. The highest BCUT2D eigenvalue weighted by atomic mass is 32.2. The highest BCUT2D eigenvalue weighted by Gasteiger charge is 2.38. The molecule has 0 saturated heterocycles. The fraction of sp³-hybridized carbons (Fsp3) is 0.556. The summed E-state index contributed by atoms with van der Waals surface area (Å²) in [5, 5.41) is 9.00. The van der Waals surface area contributed by atoms with Gasteiger partial charge in [-0.15, -0.1) is 0 Å². The third kappa shape index (κ3) is 5.99. The summed E-state index contributed by atoms with van der Waals surface area (Å²) >= 11 is 0. The molecule has 0 aliphatic heterocycles. The lowest BCUT2D eigenvalue weighted by atomic mass is 10.1. The molecular formula is C18H24F2N6O4S2. The second-order valence-electron chi connectivity index (χ2n) is 7.85. The van der Waals surface area contributed by atoms with Gasteiger partial charge < -0.3 is 0 Å². The summed E-state index contributed by atoms with van der Waals surface area (Å²) in [5.74, 6) is -0.968. The lowest BCUT2D eigenvalue weighted by molar-refractivity contribution is 0.558. The normalized spacial score (nSPS) is 25.9. The van der Waals surface area contributed by atoms with Crippen molar-refractivity contribution >= 4 is 20.0 Å². The zero-order valence-electron chi connectivity index (χ0n) is 17.0. The summed E-state index contributed by atoms with van der Waals surface area (Å²) in [6.07, 6.45) is 8.09. The molecule has 4 rings (SSSR count). The smallest absolute Gasteiger partial charge is 0.212 e. The van der Waals surface area contributed by atoms with E-state index in [1.54, 1.807) is 0 Å². The maximum atomic E-state index is 12.6. The molecule has 4 N–H and O–H groups in total. The first-order valence-electron chi connectivity index (χ1n) is 9.95. The Kier molecular flexibility index (Phi) is 7.47. The molecule has 2 aromatic heterocycles. The van der Waals surface area contributed by atoms with Crippen LogP contribution in [0.1, 0.15) is 62.0 Å². The van der Waals surface area contributed by atoms with E-state index in [-0.39, 0.29) is 11.8 Å². The molecule has 0 unspecified atom stereocenters. The minimum absolute atomic E-state index is 0.310. The number of primary sulfonamides is 2. The van der Waals surface area contributed by atoms with Gasteiger partial charge in [-0.1, -0.05) is 12.8 Å². The Balaban J connectivity index is 0.000000181. The number of halogens is 2. The van der Waals surface area contributed by atoms with Crippen LogP contribution in [0.4, 0.5) is 8.78 Å². The van der Waals surface area contributed by atoms with Crippen molar-refractivity contribution in [3.05, 3.63) is 48.1 Å². The average molecular weight is 491 g/mol. The van der Waals surface area contributed by atoms with Crippen LogP contribution in [0.15, 0.2) is 24.8 Å². The van der Waals surface area contributed by atoms with Crippen LogP contribution in [0.2, 0.25) is 0 Å². The molecule has 2 aliphatic rings. The van der Waals surface area contributed by atoms with E-state index >= 15 is 0 Å². The summed E-state index contributed by atoms with van der Waals surface area (Å²) in [6.45, 7) is 0. The highest BCUT2D eigenvalue weighted by Crippen LogP contribution is 2.37. The number of nitrogens with zero attached hydrogens (tertiary/aromatic N) is 4. The van der Waals surface area contributed by atoms with Crippen molar-refractivity contribution in [1.29, 1.82) is 0 Å². The van der Waals surface area contributed by atoms with Crippen LogP contribution in [-0.4, -0.2) is 47.3 Å². The topological polar surface area (TPSA) is 172 Å². The SMILES string of the molecule is NS(=O)(=O)[C@@H]1CCC[C@@H]1c1ncc(F)cn1.NS(=O)(=O)[C@H]1CCC[C@H]1c1ncc(F)cn1. The summed E-state index contributed by atoms with van der Waals surface area (Å²) < 4.78 is 70.6. The number of aromatic nitrogens is 4. The molecule has 0 spiro atoms.